The zero-order valence-corrected chi connectivity index (χ0v) is 64.3. The average molecular weight is 1430 g/mol. The molecule has 0 amide bonds. The average Bonchev–Trinajstić information content (AvgIpc) is 1.04. The summed E-state index contributed by atoms with van der Waals surface area (Å²) in [4.78, 5) is 72.9. The Morgan fingerprint density at radius 3 is 0.776 bits per heavy atom. The van der Waals surface area contributed by atoms with Crippen molar-refractivity contribution in [3.63, 3.8) is 0 Å². The highest BCUT2D eigenvalue weighted by molar-refractivity contribution is 7.47. The maximum Gasteiger partial charge on any atom is 0.472 e. The van der Waals surface area contributed by atoms with E-state index in [4.69, 9.17) is 37.0 Å². The molecule has 0 aromatic rings. The minimum Gasteiger partial charge on any atom is -0.462 e. The van der Waals surface area contributed by atoms with Gasteiger partial charge in [-0.15, -0.1) is 0 Å². The summed E-state index contributed by atoms with van der Waals surface area (Å²) in [6, 6.07) is 0. The van der Waals surface area contributed by atoms with Gasteiger partial charge >= 0.3 is 39.5 Å². The predicted molar refractivity (Wildman–Crippen MR) is 400 cm³/mol. The quantitative estimate of drug-likeness (QED) is 0.0128. The van der Waals surface area contributed by atoms with Crippen LogP contribution in [0.25, 0.3) is 0 Å². The number of carbonyl (C=O) groups excluding carboxylic acids is 4. The number of aliphatic hydroxyl groups excluding tert-OH is 1. The van der Waals surface area contributed by atoms with Crippen molar-refractivity contribution in [1.82, 2.24) is 0 Å². The Morgan fingerprint density at radius 1 is 0.286 bits per heavy atom. The van der Waals surface area contributed by atoms with E-state index in [1.807, 2.05) is 0 Å². The van der Waals surface area contributed by atoms with Gasteiger partial charge in [0.1, 0.15) is 19.3 Å². The lowest BCUT2D eigenvalue weighted by Gasteiger charge is -2.21. The first-order valence-corrected chi connectivity index (χ1v) is 42.6. The van der Waals surface area contributed by atoms with Crippen molar-refractivity contribution in [2.24, 2.45) is 0 Å². The molecule has 0 saturated heterocycles. The second-order valence-corrected chi connectivity index (χ2v) is 29.6. The molecular formula is C79H144O17P2. The number of hydrogen-bond donors (Lipinski definition) is 3. The molecule has 0 rings (SSSR count). The molecule has 0 spiro atoms. The van der Waals surface area contributed by atoms with Crippen LogP contribution in [-0.2, 0) is 65.4 Å². The summed E-state index contributed by atoms with van der Waals surface area (Å²) in [5.74, 6) is -2.19. The Kier molecular flexibility index (Phi) is 69.7. The van der Waals surface area contributed by atoms with E-state index >= 15 is 0 Å². The van der Waals surface area contributed by atoms with Crippen LogP contribution in [0.1, 0.15) is 362 Å². The molecule has 0 radical (unpaired) electrons. The van der Waals surface area contributed by atoms with Crippen LogP contribution in [-0.4, -0.2) is 96.7 Å². The summed E-state index contributed by atoms with van der Waals surface area (Å²) in [5.41, 5.74) is 0. The normalized spacial score (nSPS) is 14.2. The maximum absolute atomic E-state index is 13.1. The number of unbranched alkanes of at least 4 members (excludes halogenated alkanes) is 41. The first-order chi connectivity index (χ1) is 47.7. The zero-order valence-electron chi connectivity index (χ0n) is 62.5. The van der Waals surface area contributed by atoms with Gasteiger partial charge in [0.25, 0.3) is 0 Å². The second-order valence-electron chi connectivity index (χ2n) is 26.7. The van der Waals surface area contributed by atoms with Gasteiger partial charge in [0.05, 0.1) is 26.4 Å². The summed E-state index contributed by atoms with van der Waals surface area (Å²) < 4.78 is 68.5. The SMILES string of the molecule is CCCCCC/C=C\C=C/CCCCCCCC(=O)OC[C@H](COP(=O)(O)OC[C@H](O)COP(=O)(O)OC[C@@H](COC(=O)CCCCCCCCCCCCCCC)OC(=O)CCCCCCC/C=C\CCCCCCCC)OC(=O)CCCCCCC/C=C\C=C/CCCCCC. The van der Waals surface area contributed by atoms with E-state index in [0.717, 1.165) is 135 Å². The number of allylic oxidation sites excluding steroid dienone is 10. The van der Waals surface area contributed by atoms with Crippen LogP contribution >= 0.6 is 15.6 Å². The van der Waals surface area contributed by atoms with Crippen LogP contribution in [0.2, 0.25) is 0 Å². The van der Waals surface area contributed by atoms with Crippen molar-refractivity contribution in [1.29, 1.82) is 0 Å². The summed E-state index contributed by atoms with van der Waals surface area (Å²) in [6.07, 6.45) is 70.5. The Bertz CT molecular complexity index is 2100. The van der Waals surface area contributed by atoms with E-state index in [2.05, 4.69) is 88.5 Å². The van der Waals surface area contributed by atoms with Gasteiger partial charge < -0.3 is 33.8 Å². The van der Waals surface area contributed by atoms with Crippen molar-refractivity contribution >= 4 is 39.5 Å². The van der Waals surface area contributed by atoms with Crippen molar-refractivity contribution in [2.45, 2.75) is 380 Å². The molecule has 0 aromatic carbocycles. The molecule has 0 aliphatic heterocycles. The van der Waals surface area contributed by atoms with Crippen LogP contribution in [0.4, 0.5) is 0 Å². The second kappa shape index (κ2) is 72.1. The van der Waals surface area contributed by atoms with Gasteiger partial charge in [0, 0.05) is 25.7 Å². The fraction of sp³-hybridized carbons (Fsp3) is 0.823. The number of carbonyl (C=O) groups is 4. The van der Waals surface area contributed by atoms with E-state index in [1.54, 1.807) is 0 Å². The number of hydrogen-bond acceptors (Lipinski definition) is 15. The highest BCUT2D eigenvalue weighted by Crippen LogP contribution is 2.45. The number of phosphoric acid groups is 2. The van der Waals surface area contributed by atoms with Gasteiger partial charge in [-0.25, -0.2) is 9.13 Å². The van der Waals surface area contributed by atoms with E-state index in [-0.39, 0.29) is 25.7 Å². The largest absolute Gasteiger partial charge is 0.472 e. The van der Waals surface area contributed by atoms with Gasteiger partial charge in [-0.2, -0.15) is 0 Å². The third kappa shape index (κ3) is 71.2. The number of aliphatic hydroxyl groups is 1. The van der Waals surface area contributed by atoms with E-state index in [9.17, 15) is 43.2 Å². The van der Waals surface area contributed by atoms with E-state index < -0.39 is 97.5 Å². The molecule has 0 heterocycles. The third-order valence-electron chi connectivity index (χ3n) is 17.0. The number of phosphoric ester groups is 2. The molecule has 3 N–H and O–H groups in total. The number of ether oxygens (including phenoxy) is 4. The highest BCUT2D eigenvalue weighted by atomic mass is 31.2. The maximum atomic E-state index is 13.1. The molecule has 572 valence electrons. The smallest absolute Gasteiger partial charge is 0.462 e. The summed E-state index contributed by atoms with van der Waals surface area (Å²) in [7, 11) is -9.95. The summed E-state index contributed by atoms with van der Waals surface area (Å²) in [5, 5.41) is 10.6. The molecule has 0 saturated carbocycles. The van der Waals surface area contributed by atoms with Crippen molar-refractivity contribution in [2.75, 3.05) is 39.6 Å². The van der Waals surface area contributed by atoms with Crippen LogP contribution in [0, 0.1) is 0 Å². The molecular weight excluding hydrogens is 1280 g/mol. The van der Waals surface area contributed by atoms with Gasteiger partial charge in [-0.1, -0.05) is 294 Å². The molecule has 19 heteroatoms. The van der Waals surface area contributed by atoms with Gasteiger partial charge in [-0.05, 0) is 103 Å². The molecule has 17 nitrogen and oxygen atoms in total. The minimum absolute atomic E-state index is 0.0773. The molecule has 0 aliphatic carbocycles. The van der Waals surface area contributed by atoms with Crippen LogP contribution < -0.4 is 0 Å². The van der Waals surface area contributed by atoms with E-state index in [0.29, 0.717) is 25.7 Å². The molecule has 0 aliphatic rings. The Labute approximate surface area is 597 Å². The lowest BCUT2D eigenvalue weighted by atomic mass is 10.0. The minimum atomic E-state index is -4.98. The fourth-order valence-electron chi connectivity index (χ4n) is 10.9. The third-order valence-corrected chi connectivity index (χ3v) is 18.9. The van der Waals surface area contributed by atoms with Gasteiger partial charge in [0.15, 0.2) is 12.2 Å². The fourth-order valence-corrected chi connectivity index (χ4v) is 12.5. The first-order valence-electron chi connectivity index (χ1n) is 39.6. The van der Waals surface area contributed by atoms with Gasteiger partial charge in [0.2, 0.25) is 0 Å². The van der Waals surface area contributed by atoms with Crippen molar-refractivity contribution < 1.29 is 80.2 Å². The number of esters is 4. The molecule has 98 heavy (non-hydrogen) atoms. The molecule has 5 atom stereocenters. The Hall–Kier alpha value is -3.24. The van der Waals surface area contributed by atoms with Crippen LogP contribution in [0.5, 0.6) is 0 Å². The van der Waals surface area contributed by atoms with Crippen LogP contribution in [0.3, 0.4) is 0 Å². The summed E-state index contributed by atoms with van der Waals surface area (Å²) in [6.45, 7) is 4.85. The highest BCUT2D eigenvalue weighted by Gasteiger charge is 2.30. The lowest BCUT2D eigenvalue weighted by Crippen LogP contribution is -2.30. The Morgan fingerprint density at radius 2 is 0.500 bits per heavy atom. The molecule has 2 unspecified atom stereocenters. The van der Waals surface area contributed by atoms with E-state index in [1.165, 1.54) is 148 Å². The van der Waals surface area contributed by atoms with Crippen molar-refractivity contribution in [3.8, 4) is 0 Å². The van der Waals surface area contributed by atoms with Crippen LogP contribution in [0.15, 0.2) is 60.8 Å². The molecule has 0 fully saturated rings. The first kappa shape index (κ1) is 94.8. The topological polar surface area (TPSA) is 237 Å². The Balaban J connectivity index is 5.35. The molecule has 0 aromatic heterocycles. The zero-order chi connectivity index (χ0) is 71.8. The van der Waals surface area contributed by atoms with Crippen molar-refractivity contribution in [3.05, 3.63) is 60.8 Å². The monoisotopic (exact) mass is 1430 g/mol. The summed E-state index contributed by atoms with van der Waals surface area (Å²) >= 11 is 0. The molecule has 0 bridgehead atoms. The number of rotatable bonds is 75. The van der Waals surface area contributed by atoms with Gasteiger partial charge in [-0.3, -0.25) is 37.3 Å². The lowest BCUT2D eigenvalue weighted by molar-refractivity contribution is -0.161. The standard InChI is InChI=1S/C79H144O17P2/c1-5-9-13-17-21-25-29-33-36-40-44-48-52-56-60-64-77(82)90-70-75(96-79(84)66-62-58-54-50-46-42-38-35-31-27-23-19-15-11-7-3)72-94-98(87,88)92-68-73(80)67-91-97(85,86)93-71-74(69-89-76(81)63-59-55-51-47-43-39-32-28-24-20-16-12-8-4)95-78(83)65-61-57-53-49-45-41-37-34-30-26-22-18-14-10-6-2/h25,27,29,31,33-38,73-75,80H,5-24,26,28,30,32,39-72H2,1-4H3,(H,85,86)(H,87,88)/b29-25-,31-27-,36-33-,37-34-,38-35-/t73-,74-,75-/m1/s1. The predicted octanol–water partition coefficient (Wildman–Crippen LogP) is 22.7.